The first kappa shape index (κ1) is 14.0. The molecule has 0 unspecified atom stereocenters. The van der Waals surface area contributed by atoms with Gasteiger partial charge in [0.15, 0.2) is 0 Å². The number of rotatable bonds is 1. The lowest BCUT2D eigenvalue weighted by Crippen LogP contribution is -2.29. The van der Waals surface area contributed by atoms with E-state index in [2.05, 4.69) is 0 Å². The number of hydrogen-bond donors (Lipinski definition) is 1. The number of nitrogens with zero attached hydrogens (tertiary/aromatic N) is 1. The lowest BCUT2D eigenvalue weighted by atomic mass is 10.2. The normalized spacial score (nSPS) is 11.6. The second kappa shape index (κ2) is 4.63. The Hall–Kier alpha value is -2.37. The molecular weight excluding hydrogens is 265 g/mol. The predicted octanol–water partition coefficient (Wildman–Crippen LogP) is 3.26. The molecule has 0 aliphatic rings. The quantitative estimate of drug-likeness (QED) is 0.869. The van der Waals surface area contributed by atoms with Crippen molar-refractivity contribution in [3.8, 4) is 0 Å². The van der Waals surface area contributed by atoms with Crippen molar-refractivity contribution in [1.29, 1.82) is 0 Å². The SMILES string of the molecule is CC(C)(C)OC(=O)n1c(C(=O)O)cc2cccc(F)c21. The summed E-state index contributed by atoms with van der Waals surface area (Å²) >= 11 is 0. The monoisotopic (exact) mass is 279 g/mol. The maximum absolute atomic E-state index is 13.9. The Balaban J connectivity index is 2.69. The molecule has 106 valence electrons. The number of fused-ring (bicyclic) bond motifs is 1. The van der Waals surface area contributed by atoms with E-state index >= 15 is 0 Å². The van der Waals surface area contributed by atoms with Gasteiger partial charge in [0.05, 0.1) is 5.52 Å². The molecular formula is C14H14FNO4. The number of carboxylic acids is 1. The van der Waals surface area contributed by atoms with Gasteiger partial charge in [-0.2, -0.15) is 0 Å². The number of carbonyl (C=O) groups excluding carboxylic acids is 1. The van der Waals surface area contributed by atoms with Crippen LogP contribution in [0.1, 0.15) is 31.3 Å². The van der Waals surface area contributed by atoms with Gasteiger partial charge in [0, 0.05) is 5.39 Å². The molecule has 2 rings (SSSR count). The highest BCUT2D eigenvalue weighted by molar-refractivity contribution is 6.01. The number of aromatic nitrogens is 1. The van der Waals surface area contributed by atoms with E-state index in [9.17, 15) is 14.0 Å². The summed E-state index contributed by atoms with van der Waals surface area (Å²) in [4.78, 5) is 23.3. The van der Waals surface area contributed by atoms with Crippen molar-refractivity contribution in [3.63, 3.8) is 0 Å². The Morgan fingerprint density at radius 2 is 1.95 bits per heavy atom. The highest BCUT2D eigenvalue weighted by Gasteiger charge is 2.26. The van der Waals surface area contributed by atoms with Crippen molar-refractivity contribution in [2.45, 2.75) is 26.4 Å². The lowest BCUT2D eigenvalue weighted by molar-refractivity contribution is 0.0512. The zero-order valence-electron chi connectivity index (χ0n) is 11.3. The van der Waals surface area contributed by atoms with Crippen LogP contribution in [-0.4, -0.2) is 27.3 Å². The number of ether oxygens (including phenoxy) is 1. The summed E-state index contributed by atoms with van der Waals surface area (Å²) < 4.78 is 19.8. The zero-order valence-corrected chi connectivity index (χ0v) is 11.3. The maximum atomic E-state index is 13.9. The Morgan fingerprint density at radius 3 is 2.50 bits per heavy atom. The van der Waals surface area contributed by atoms with Crippen molar-refractivity contribution >= 4 is 23.0 Å². The molecule has 20 heavy (non-hydrogen) atoms. The minimum Gasteiger partial charge on any atom is -0.477 e. The fraction of sp³-hybridized carbons (Fsp3) is 0.286. The van der Waals surface area contributed by atoms with Crippen LogP contribution in [0.25, 0.3) is 10.9 Å². The summed E-state index contributed by atoms with van der Waals surface area (Å²) in [5.74, 6) is -2.01. The third kappa shape index (κ3) is 2.49. The van der Waals surface area contributed by atoms with Crippen LogP contribution in [0.15, 0.2) is 24.3 Å². The second-order valence-electron chi connectivity index (χ2n) is 5.33. The van der Waals surface area contributed by atoms with Crippen molar-refractivity contribution in [2.24, 2.45) is 0 Å². The minimum atomic E-state index is -1.33. The number of carboxylic acid groups (broad SMARTS) is 1. The van der Waals surface area contributed by atoms with E-state index in [1.54, 1.807) is 20.8 Å². The van der Waals surface area contributed by atoms with E-state index in [4.69, 9.17) is 9.84 Å². The van der Waals surface area contributed by atoms with E-state index in [-0.39, 0.29) is 11.2 Å². The van der Waals surface area contributed by atoms with Crippen LogP contribution < -0.4 is 0 Å². The summed E-state index contributed by atoms with van der Waals surface area (Å²) in [7, 11) is 0. The molecule has 1 aromatic carbocycles. The van der Waals surface area contributed by atoms with Crippen LogP contribution in [0.4, 0.5) is 9.18 Å². The molecule has 1 N–H and O–H groups in total. The van der Waals surface area contributed by atoms with E-state index in [0.717, 1.165) is 10.6 Å². The number of aromatic carboxylic acids is 1. The van der Waals surface area contributed by atoms with Gasteiger partial charge in [-0.25, -0.2) is 18.5 Å². The Kier molecular flexibility index (Phi) is 3.25. The smallest absolute Gasteiger partial charge is 0.419 e. The van der Waals surface area contributed by atoms with Gasteiger partial charge in [0.25, 0.3) is 0 Å². The van der Waals surface area contributed by atoms with E-state index in [0.29, 0.717) is 5.39 Å². The molecule has 1 aromatic heterocycles. The second-order valence-corrected chi connectivity index (χ2v) is 5.33. The number of para-hydroxylation sites is 1. The molecule has 2 aromatic rings. The van der Waals surface area contributed by atoms with Gasteiger partial charge in [-0.3, -0.25) is 0 Å². The standard InChI is InChI=1S/C14H14FNO4/c1-14(2,3)20-13(19)16-10(12(17)18)7-8-5-4-6-9(15)11(8)16/h4-7H,1-3H3,(H,17,18). The van der Waals surface area contributed by atoms with Gasteiger partial charge in [-0.05, 0) is 32.9 Å². The third-order valence-corrected chi connectivity index (χ3v) is 2.57. The highest BCUT2D eigenvalue weighted by Crippen LogP contribution is 2.24. The largest absolute Gasteiger partial charge is 0.477 e. The average molecular weight is 279 g/mol. The molecule has 5 nitrogen and oxygen atoms in total. The summed E-state index contributed by atoms with van der Waals surface area (Å²) in [5, 5.41) is 9.48. The van der Waals surface area contributed by atoms with Crippen LogP contribution in [0.5, 0.6) is 0 Å². The van der Waals surface area contributed by atoms with Gasteiger partial charge < -0.3 is 9.84 Å². The molecule has 0 fully saturated rings. The van der Waals surface area contributed by atoms with E-state index in [1.807, 2.05) is 0 Å². The van der Waals surface area contributed by atoms with Gasteiger partial charge >= 0.3 is 12.1 Å². The van der Waals surface area contributed by atoms with Gasteiger partial charge in [-0.15, -0.1) is 0 Å². The third-order valence-electron chi connectivity index (χ3n) is 2.57. The van der Waals surface area contributed by atoms with Crippen LogP contribution in [-0.2, 0) is 4.74 Å². The molecule has 0 saturated heterocycles. The number of carbonyl (C=O) groups is 2. The minimum absolute atomic E-state index is 0.0980. The van der Waals surface area contributed by atoms with Crippen molar-refractivity contribution in [1.82, 2.24) is 4.57 Å². The maximum Gasteiger partial charge on any atom is 0.419 e. The molecule has 1 heterocycles. The number of hydrogen-bond acceptors (Lipinski definition) is 3. The summed E-state index contributed by atoms with van der Waals surface area (Å²) in [6, 6.07) is 5.38. The van der Waals surface area contributed by atoms with Crippen molar-refractivity contribution < 1.29 is 23.8 Å². The molecule has 0 bridgehead atoms. The van der Waals surface area contributed by atoms with E-state index in [1.165, 1.54) is 18.2 Å². The molecule has 0 aliphatic heterocycles. The fourth-order valence-electron chi connectivity index (χ4n) is 1.87. The molecule has 0 spiro atoms. The van der Waals surface area contributed by atoms with Crippen LogP contribution >= 0.6 is 0 Å². The molecule has 0 radical (unpaired) electrons. The number of halogens is 1. The summed E-state index contributed by atoms with van der Waals surface area (Å²) in [5.41, 5.74) is -1.24. The molecule has 0 atom stereocenters. The topological polar surface area (TPSA) is 68.5 Å². The van der Waals surface area contributed by atoms with E-state index < -0.39 is 23.5 Å². The predicted molar refractivity (Wildman–Crippen MR) is 70.5 cm³/mol. The highest BCUT2D eigenvalue weighted by atomic mass is 19.1. The molecule has 0 saturated carbocycles. The Labute approximate surface area is 114 Å². The molecule has 6 heteroatoms. The summed E-state index contributed by atoms with van der Waals surface area (Å²) in [6.45, 7) is 4.94. The van der Waals surface area contributed by atoms with Crippen molar-refractivity contribution in [3.05, 3.63) is 35.8 Å². The van der Waals surface area contributed by atoms with Crippen LogP contribution in [0, 0.1) is 5.82 Å². The Morgan fingerprint density at radius 1 is 1.30 bits per heavy atom. The average Bonchev–Trinajstić information content (AvgIpc) is 2.67. The number of benzene rings is 1. The fourth-order valence-corrected chi connectivity index (χ4v) is 1.87. The Bertz CT molecular complexity index is 697. The first-order chi connectivity index (χ1) is 9.20. The first-order valence-electron chi connectivity index (χ1n) is 5.97. The van der Waals surface area contributed by atoms with Crippen LogP contribution in [0.2, 0.25) is 0 Å². The lowest BCUT2D eigenvalue weighted by Gasteiger charge is -2.20. The van der Waals surface area contributed by atoms with Crippen molar-refractivity contribution in [2.75, 3.05) is 0 Å². The summed E-state index contributed by atoms with van der Waals surface area (Å²) in [6.07, 6.45) is -0.921. The van der Waals surface area contributed by atoms with Gasteiger partial charge in [0.2, 0.25) is 0 Å². The molecule has 0 aliphatic carbocycles. The zero-order chi connectivity index (χ0) is 15.1. The van der Waals surface area contributed by atoms with Crippen LogP contribution in [0.3, 0.4) is 0 Å². The molecule has 0 amide bonds. The van der Waals surface area contributed by atoms with Gasteiger partial charge in [-0.1, -0.05) is 12.1 Å². The first-order valence-corrected chi connectivity index (χ1v) is 5.97. The van der Waals surface area contributed by atoms with Gasteiger partial charge in [0.1, 0.15) is 17.1 Å².